The summed E-state index contributed by atoms with van der Waals surface area (Å²) >= 11 is 0. The van der Waals surface area contributed by atoms with Crippen LogP contribution < -0.4 is 5.73 Å². The van der Waals surface area contributed by atoms with Gasteiger partial charge in [0.1, 0.15) is 5.82 Å². The van der Waals surface area contributed by atoms with Crippen LogP contribution in [0.5, 0.6) is 0 Å². The van der Waals surface area contributed by atoms with Gasteiger partial charge >= 0.3 is 0 Å². The number of nitrogens with two attached hydrogens (primary N) is 1. The molecule has 0 saturated heterocycles. The fraction of sp³-hybridized carbons (Fsp3) is 0.211. The molecular formula is C19H20FN3. The summed E-state index contributed by atoms with van der Waals surface area (Å²) in [6.45, 7) is 4.72. The Bertz CT molecular complexity index is 786. The third kappa shape index (κ3) is 3.17. The SMILES string of the molecule is CC(C)c1ccc(-n2cc(CN)c(-c3ccc(F)cc3)n2)cc1. The van der Waals surface area contributed by atoms with Gasteiger partial charge in [-0.3, -0.25) is 0 Å². The van der Waals surface area contributed by atoms with Crippen molar-refractivity contribution in [2.24, 2.45) is 5.73 Å². The zero-order valence-corrected chi connectivity index (χ0v) is 13.3. The van der Waals surface area contributed by atoms with Gasteiger partial charge in [-0.25, -0.2) is 9.07 Å². The molecule has 3 nitrogen and oxygen atoms in total. The van der Waals surface area contributed by atoms with Gasteiger partial charge in [0.05, 0.1) is 11.4 Å². The van der Waals surface area contributed by atoms with Gasteiger partial charge in [0.15, 0.2) is 0 Å². The highest BCUT2D eigenvalue weighted by Gasteiger charge is 2.11. The van der Waals surface area contributed by atoms with Crippen LogP contribution in [-0.4, -0.2) is 9.78 Å². The van der Waals surface area contributed by atoms with Crippen molar-refractivity contribution in [3.63, 3.8) is 0 Å². The first kappa shape index (κ1) is 15.4. The van der Waals surface area contributed by atoms with Crippen molar-refractivity contribution in [1.82, 2.24) is 9.78 Å². The van der Waals surface area contributed by atoms with Crippen LogP contribution in [0.15, 0.2) is 54.7 Å². The van der Waals surface area contributed by atoms with Crippen LogP contribution in [0.1, 0.15) is 30.9 Å². The second-order valence-corrected chi connectivity index (χ2v) is 5.90. The first-order valence-electron chi connectivity index (χ1n) is 7.73. The van der Waals surface area contributed by atoms with Crippen LogP contribution >= 0.6 is 0 Å². The highest BCUT2D eigenvalue weighted by molar-refractivity contribution is 5.63. The van der Waals surface area contributed by atoms with Crippen LogP contribution in [0.25, 0.3) is 16.9 Å². The molecular weight excluding hydrogens is 289 g/mol. The number of nitrogens with zero attached hydrogens (tertiary/aromatic N) is 2. The average Bonchev–Trinajstić information content (AvgIpc) is 3.00. The van der Waals surface area contributed by atoms with E-state index in [4.69, 9.17) is 5.73 Å². The topological polar surface area (TPSA) is 43.8 Å². The van der Waals surface area contributed by atoms with Crippen LogP contribution in [0.4, 0.5) is 4.39 Å². The summed E-state index contributed by atoms with van der Waals surface area (Å²) in [5.74, 6) is 0.239. The molecule has 0 atom stereocenters. The zero-order valence-electron chi connectivity index (χ0n) is 13.3. The molecule has 118 valence electrons. The summed E-state index contributed by atoms with van der Waals surface area (Å²) in [5, 5.41) is 4.64. The van der Waals surface area contributed by atoms with E-state index >= 15 is 0 Å². The number of benzene rings is 2. The predicted octanol–water partition coefficient (Wildman–Crippen LogP) is 4.26. The maximum absolute atomic E-state index is 13.1. The smallest absolute Gasteiger partial charge is 0.123 e. The van der Waals surface area contributed by atoms with Gasteiger partial charge in [0, 0.05) is 23.9 Å². The molecule has 3 aromatic rings. The Morgan fingerprint density at radius 1 is 1.04 bits per heavy atom. The Morgan fingerprint density at radius 2 is 1.70 bits per heavy atom. The molecule has 0 aliphatic carbocycles. The Hall–Kier alpha value is -2.46. The monoisotopic (exact) mass is 309 g/mol. The zero-order chi connectivity index (χ0) is 16.4. The molecule has 23 heavy (non-hydrogen) atoms. The lowest BCUT2D eigenvalue weighted by Crippen LogP contribution is -1.96. The molecule has 0 fully saturated rings. The van der Waals surface area contributed by atoms with E-state index in [1.54, 1.807) is 12.1 Å². The normalized spacial score (nSPS) is 11.2. The van der Waals surface area contributed by atoms with Gasteiger partial charge in [-0.15, -0.1) is 0 Å². The van der Waals surface area contributed by atoms with E-state index in [1.165, 1.54) is 17.7 Å². The minimum absolute atomic E-state index is 0.258. The Kier molecular flexibility index (Phi) is 4.26. The summed E-state index contributed by atoms with van der Waals surface area (Å²) in [7, 11) is 0. The lowest BCUT2D eigenvalue weighted by molar-refractivity contribution is 0.628. The Morgan fingerprint density at radius 3 is 2.26 bits per heavy atom. The van der Waals surface area contributed by atoms with Gasteiger partial charge in [-0.2, -0.15) is 5.10 Å². The molecule has 0 radical (unpaired) electrons. The van der Waals surface area contributed by atoms with Gasteiger partial charge in [-0.1, -0.05) is 26.0 Å². The average molecular weight is 309 g/mol. The highest BCUT2D eigenvalue weighted by Crippen LogP contribution is 2.24. The van der Waals surface area contributed by atoms with Gasteiger partial charge in [0.25, 0.3) is 0 Å². The minimum atomic E-state index is -0.258. The maximum Gasteiger partial charge on any atom is 0.123 e. The summed E-state index contributed by atoms with van der Waals surface area (Å²) in [6, 6.07) is 14.7. The summed E-state index contributed by atoms with van der Waals surface area (Å²) < 4.78 is 14.9. The standard InChI is InChI=1S/C19H20FN3/c1-13(2)14-5-9-18(10-6-14)23-12-16(11-21)19(22-23)15-3-7-17(20)8-4-15/h3-10,12-13H,11,21H2,1-2H3. The fourth-order valence-corrected chi connectivity index (χ4v) is 2.55. The van der Waals surface area contributed by atoms with E-state index in [-0.39, 0.29) is 5.82 Å². The van der Waals surface area contributed by atoms with Crippen molar-refractivity contribution in [1.29, 1.82) is 0 Å². The van der Waals surface area contributed by atoms with E-state index < -0.39 is 0 Å². The number of halogens is 1. The van der Waals surface area contributed by atoms with Gasteiger partial charge in [-0.05, 0) is 47.9 Å². The first-order chi connectivity index (χ1) is 11.1. The summed E-state index contributed by atoms with van der Waals surface area (Å²) in [4.78, 5) is 0. The van der Waals surface area contributed by atoms with E-state index in [9.17, 15) is 4.39 Å². The summed E-state index contributed by atoms with van der Waals surface area (Å²) in [5.41, 5.74) is 10.7. The molecule has 2 aromatic carbocycles. The molecule has 0 amide bonds. The predicted molar refractivity (Wildman–Crippen MR) is 90.9 cm³/mol. The molecule has 2 N–H and O–H groups in total. The lowest BCUT2D eigenvalue weighted by atomic mass is 10.0. The minimum Gasteiger partial charge on any atom is -0.326 e. The van der Waals surface area contributed by atoms with Crippen LogP contribution in [0.2, 0.25) is 0 Å². The molecule has 1 heterocycles. The molecule has 4 heteroatoms. The molecule has 0 saturated carbocycles. The number of hydrogen-bond donors (Lipinski definition) is 1. The van der Waals surface area contributed by atoms with Crippen molar-refractivity contribution < 1.29 is 4.39 Å². The van der Waals surface area contributed by atoms with Crippen LogP contribution in [-0.2, 0) is 6.54 Å². The molecule has 0 spiro atoms. The highest BCUT2D eigenvalue weighted by atomic mass is 19.1. The van der Waals surface area contributed by atoms with E-state index in [2.05, 4.69) is 43.2 Å². The Labute approximate surface area is 135 Å². The maximum atomic E-state index is 13.1. The van der Waals surface area contributed by atoms with E-state index in [0.29, 0.717) is 12.5 Å². The van der Waals surface area contributed by atoms with E-state index in [1.807, 2.05) is 10.9 Å². The first-order valence-corrected chi connectivity index (χ1v) is 7.73. The molecule has 3 rings (SSSR count). The van der Waals surface area contributed by atoms with Crippen LogP contribution in [0, 0.1) is 5.82 Å². The van der Waals surface area contributed by atoms with Crippen molar-refractivity contribution in [2.45, 2.75) is 26.3 Å². The fourth-order valence-electron chi connectivity index (χ4n) is 2.55. The van der Waals surface area contributed by atoms with Crippen molar-refractivity contribution in [3.8, 4) is 16.9 Å². The number of aromatic nitrogens is 2. The van der Waals surface area contributed by atoms with Crippen LogP contribution in [0.3, 0.4) is 0 Å². The van der Waals surface area contributed by atoms with Gasteiger partial charge in [0.2, 0.25) is 0 Å². The van der Waals surface area contributed by atoms with Crippen molar-refractivity contribution in [3.05, 3.63) is 71.7 Å². The third-order valence-corrected chi connectivity index (χ3v) is 3.95. The Balaban J connectivity index is 1.99. The van der Waals surface area contributed by atoms with Crippen molar-refractivity contribution >= 4 is 0 Å². The number of rotatable bonds is 4. The summed E-state index contributed by atoms with van der Waals surface area (Å²) in [6.07, 6.45) is 1.93. The molecule has 0 bridgehead atoms. The molecule has 0 aliphatic rings. The van der Waals surface area contributed by atoms with Crippen molar-refractivity contribution in [2.75, 3.05) is 0 Å². The second-order valence-electron chi connectivity index (χ2n) is 5.90. The third-order valence-electron chi connectivity index (χ3n) is 3.95. The number of hydrogen-bond acceptors (Lipinski definition) is 2. The largest absolute Gasteiger partial charge is 0.326 e. The van der Waals surface area contributed by atoms with Gasteiger partial charge < -0.3 is 5.73 Å². The van der Waals surface area contributed by atoms with E-state index in [0.717, 1.165) is 22.5 Å². The molecule has 0 unspecified atom stereocenters. The molecule has 0 aliphatic heterocycles. The molecule has 1 aromatic heterocycles. The lowest BCUT2D eigenvalue weighted by Gasteiger charge is -2.06. The second kappa shape index (κ2) is 6.34. The quantitative estimate of drug-likeness (QED) is 0.782.